The Balaban J connectivity index is 0.00000259. The van der Waals surface area contributed by atoms with Crippen molar-refractivity contribution in [3.63, 3.8) is 0 Å². The summed E-state index contributed by atoms with van der Waals surface area (Å²) in [5.74, 6) is 0.779. The Labute approximate surface area is 267 Å². The van der Waals surface area contributed by atoms with Gasteiger partial charge in [0.05, 0.1) is 6.42 Å². The van der Waals surface area contributed by atoms with Crippen molar-refractivity contribution < 1.29 is 9.59 Å². The molecule has 0 radical (unpaired) electrons. The molecule has 5 nitrogen and oxygen atoms in total. The second-order valence-electron chi connectivity index (χ2n) is 12.2. The second kappa shape index (κ2) is 19.1. The lowest BCUT2D eigenvalue weighted by Gasteiger charge is -2.39. The van der Waals surface area contributed by atoms with Gasteiger partial charge in [0.2, 0.25) is 5.91 Å². The number of anilines is 1. The maximum atomic E-state index is 14.0. The number of hydrogen-bond donors (Lipinski definition) is 1. The number of rotatable bonds is 14. The highest BCUT2D eigenvalue weighted by Crippen LogP contribution is 2.24. The van der Waals surface area contributed by atoms with E-state index < -0.39 is 0 Å². The van der Waals surface area contributed by atoms with Crippen LogP contribution in [0.3, 0.4) is 0 Å². The summed E-state index contributed by atoms with van der Waals surface area (Å²) < 4.78 is 0. The zero-order valence-electron chi connectivity index (χ0n) is 27.9. The molecule has 1 N–H and O–H groups in total. The van der Waals surface area contributed by atoms with Crippen molar-refractivity contribution in [3.8, 4) is 0 Å². The first-order chi connectivity index (χ1) is 21.4. The van der Waals surface area contributed by atoms with Gasteiger partial charge in [-0.1, -0.05) is 102 Å². The van der Waals surface area contributed by atoms with Gasteiger partial charge in [-0.3, -0.25) is 9.59 Å². The number of unbranched alkanes of at least 4 members (excludes halogenated alkanes) is 2. The van der Waals surface area contributed by atoms with Crippen LogP contribution in [-0.2, 0) is 24.2 Å². The molecule has 3 aromatic rings. The van der Waals surface area contributed by atoms with E-state index in [-0.39, 0.29) is 17.9 Å². The van der Waals surface area contributed by atoms with Gasteiger partial charge in [0, 0.05) is 36.9 Å². The summed E-state index contributed by atoms with van der Waals surface area (Å²) in [7, 11) is 0. The van der Waals surface area contributed by atoms with Gasteiger partial charge in [0.1, 0.15) is 0 Å². The third-order valence-corrected chi connectivity index (χ3v) is 8.35. The fourth-order valence-corrected chi connectivity index (χ4v) is 5.70. The summed E-state index contributed by atoms with van der Waals surface area (Å²) >= 11 is 0. The molecule has 0 bridgehead atoms. The molecule has 1 aliphatic rings. The van der Waals surface area contributed by atoms with Crippen molar-refractivity contribution in [2.24, 2.45) is 5.92 Å². The molecule has 1 fully saturated rings. The Bertz CT molecular complexity index is 1230. The molecule has 1 heterocycles. The number of carbonyl (C=O) groups excluding carboxylic acids is 2. The van der Waals surface area contributed by atoms with Crippen molar-refractivity contribution in [3.05, 3.63) is 101 Å². The predicted molar refractivity (Wildman–Crippen MR) is 185 cm³/mol. The summed E-state index contributed by atoms with van der Waals surface area (Å²) in [4.78, 5) is 31.1. The Morgan fingerprint density at radius 3 is 2.09 bits per heavy atom. The lowest BCUT2D eigenvalue weighted by Crippen LogP contribution is -2.47. The molecule has 3 aromatic carbocycles. The Morgan fingerprint density at radius 2 is 1.48 bits per heavy atom. The van der Waals surface area contributed by atoms with Crippen LogP contribution in [-0.4, -0.2) is 47.3 Å². The van der Waals surface area contributed by atoms with Crippen molar-refractivity contribution in [2.75, 3.05) is 25.0 Å². The molecule has 1 saturated heterocycles. The normalized spacial score (nSPS) is 13.7. The average Bonchev–Trinajstić information content (AvgIpc) is 3.05. The van der Waals surface area contributed by atoms with Crippen LogP contribution in [0, 0.1) is 5.92 Å². The molecule has 238 valence electrons. The van der Waals surface area contributed by atoms with Gasteiger partial charge in [-0.25, -0.2) is 0 Å². The molecule has 2 amide bonds. The fraction of sp³-hybridized carbons (Fsp3) is 0.487. The van der Waals surface area contributed by atoms with E-state index in [0.29, 0.717) is 18.9 Å². The Kier molecular flexibility index (Phi) is 15.2. The molecule has 0 saturated carbocycles. The summed E-state index contributed by atoms with van der Waals surface area (Å²) in [5, 5.41) is 3.01. The first-order valence-corrected chi connectivity index (χ1v) is 17.0. The lowest BCUT2D eigenvalue weighted by atomic mass is 9.99. The molecule has 44 heavy (non-hydrogen) atoms. The zero-order valence-corrected chi connectivity index (χ0v) is 27.9. The van der Waals surface area contributed by atoms with E-state index in [1.807, 2.05) is 80.6 Å². The van der Waals surface area contributed by atoms with E-state index >= 15 is 0 Å². The highest BCUT2D eigenvalue weighted by atomic mass is 16.2. The number of hydrogen-bond acceptors (Lipinski definition) is 3. The lowest BCUT2D eigenvalue weighted by molar-refractivity contribution is -0.115. The monoisotopic (exact) mass is 597 g/mol. The fourth-order valence-electron chi connectivity index (χ4n) is 5.70. The molecule has 5 heteroatoms. The zero-order chi connectivity index (χ0) is 31.7. The molecular formula is C39H55N3O2. The largest absolute Gasteiger partial charge is 0.331 e. The van der Waals surface area contributed by atoms with Gasteiger partial charge >= 0.3 is 0 Å². The van der Waals surface area contributed by atoms with Crippen LogP contribution in [0.4, 0.5) is 5.69 Å². The molecular weight excluding hydrogens is 542 g/mol. The van der Waals surface area contributed by atoms with Gasteiger partial charge in [-0.15, -0.1) is 0 Å². The van der Waals surface area contributed by atoms with E-state index in [0.717, 1.165) is 61.3 Å². The van der Waals surface area contributed by atoms with E-state index in [1.165, 1.54) is 31.2 Å². The SMILES string of the molecule is CC.CCCCCc1ccc(C(=O)N(Cc2ccc(NC(=O)Cc3ccccc3)cc2)C2CCN(CCC(C)C)CC2)cc1. The molecule has 0 aliphatic carbocycles. The minimum Gasteiger partial charge on any atom is -0.331 e. The van der Waals surface area contributed by atoms with Crippen molar-refractivity contribution >= 4 is 17.5 Å². The Morgan fingerprint density at radius 1 is 0.841 bits per heavy atom. The summed E-state index contributed by atoms with van der Waals surface area (Å²) in [6, 6.07) is 26.2. The smallest absolute Gasteiger partial charge is 0.254 e. The van der Waals surface area contributed by atoms with Crippen LogP contribution in [0.1, 0.15) is 100 Å². The van der Waals surface area contributed by atoms with Crippen molar-refractivity contribution in [1.29, 1.82) is 0 Å². The van der Waals surface area contributed by atoms with Gasteiger partial charge in [-0.2, -0.15) is 0 Å². The minimum atomic E-state index is -0.0341. The summed E-state index contributed by atoms with van der Waals surface area (Å²) in [6.07, 6.45) is 8.25. The van der Waals surface area contributed by atoms with Gasteiger partial charge in [0.25, 0.3) is 5.91 Å². The van der Waals surface area contributed by atoms with Crippen LogP contribution in [0.5, 0.6) is 0 Å². The highest BCUT2D eigenvalue weighted by Gasteiger charge is 2.29. The van der Waals surface area contributed by atoms with E-state index in [2.05, 4.69) is 48.0 Å². The number of carbonyl (C=O) groups is 2. The Hall–Kier alpha value is -3.44. The van der Waals surface area contributed by atoms with Gasteiger partial charge < -0.3 is 15.1 Å². The minimum absolute atomic E-state index is 0.0341. The van der Waals surface area contributed by atoms with Crippen molar-refractivity contribution in [1.82, 2.24) is 9.80 Å². The summed E-state index contributed by atoms with van der Waals surface area (Å²) in [6.45, 7) is 14.5. The van der Waals surface area contributed by atoms with Gasteiger partial charge in [-0.05, 0) is 85.5 Å². The van der Waals surface area contributed by atoms with Crippen LogP contribution in [0.2, 0.25) is 0 Å². The van der Waals surface area contributed by atoms with E-state index in [1.54, 1.807) is 0 Å². The third kappa shape index (κ3) is 11.6. The topological polar surface area (TPSA) is 52.7 Å². The number of nitrogens with zero attached hydrogens (tertiary/aromatic N) is 2. The predicted octanol–water partition coefficient (Wildman–Crippen LogP) is 8.78. The first kappa shape index (κ1) is 35.0. The third-order valence-electron chi connectivity index (χ3n) is 8.35. The first-order valence-electron chi connectivity index (χ1n) is 17.0. The van der Waals surface area contributed by atoms with E-state index in [9.17, 15) is 9.59 Å². The number of nitrogens with one attached hydrogen (secondary N) is 1. The number of piperidine rings is 1. The molecule has 0 atom stereocenters. The second-order valence-corrected chi connectivity index (χ2v) is 12.2. The highest BCUT2D eigenvalue weighted by molar-refractivity contribution is 5.94. The quantitative estimate of drug-likeness (QED) is 0.189. The molecule has 0 unspecified atom stereocenters. The standard InChI is InChI=1S/C37H49N3O2.C2H6/c1-4-5-7-10-30-13-17-33(18-14-30)37(42)40(35-22-25-39(26-23-35)24-21-29(2)3)28-32-15-19-34(20-16-32)38-36(41)27-31-11-8-6-9-12-31;1-2/h6,8-9,11-20,29,35H,4-5,7,10,21-28H2,1-3H3,(H,38,41);1-2H3. The molecule has 0 aromatic heterocycles. The molecule has 0 spiro atoms. The maximum Gasteiger partial charge on any atom is 0.254 e. The average molecular weight is 598 g/mol. The number of likely N-dealkylation sites (tertiary alicyclic amines) is 1. The van der Waals surface area contributed by atoms with Crippen molar-refractivity contribution in [2.45, 2.75) is 98.6 Å². The van der Waals surface area contributed by atoms with Crippen LogP contribution >= 0.6 is 0 Å². The number of aryl methyl sites for hydroxylation is 1. The van der Waals surface area contributed by atoms with Crippen LogP contribution in [0.25, 0.3) is 0 Å². The van der Waals surface area contributed by atoms with Crippen LogP contribution < -0.4 is 5.32 Å². The number of amides is 2. The summed E-state index contributed by atoms with van der Waals surface area (Å²) in [5.41, 5.74) is 4.90. The molecule has 1 aliphatic heterocycles. The van der Waals surface area contributed by atoms with Gasteiger partial charge in [0.15, 0.2) is 0 Å². The maximum absolute atomic E-state index is 14.0. The number of benzene rings is 3. The molecule has 4 rings (SSSR count). The van der Waals surface area contributed by atoms with E-state index in [4.69, 9.17) is 0 Å². The van der Waals surface area contributed by atoms with Crippen LogP contribution in [0.15, 0.2) is 78.9 Å².